The highest BCUT2D eigenvalue weighted by atomic mass is 32.2. The molecule has 4 rings (SSSR count). The van der Waals surface area contributed by atoms with Crippen molar-refractivity contribution in [3.63, 3.8) is 0 Å². The molecular weight excluding hydrogens is 461 g/mol. The quantitative estimate of drug-likeness (QED) is 0.527. The van der Waals surface area contributed by atoms with E-state index in [1.165, 1.54) is 28.8 Å². The minimum atomic E-state index is -4.42. The number of halogens is 3. The summed E-state index contributed by atoms with van der Waals surface area (Å²) < 4.78 is 38.6. The number of carbonyl (C=O) groups is 2. The van der Waals surface area contributed by atoms with Gasteiger partial charge in [0.25, 0.3) is 5.91 Å². The second kappa shape index (κ2) is 9.86. The van der Waals surface area contributed by atoms with Crippen LogP contribution < -0.4 is 10.2 Å². The maximum atomic E-state index is 13.3. The topological polar surface area (TPSA) is 49.4 Å². The summed E-state index contributed by atoms with van der Waals surface area (Å²) >= 11 is 1.25. The molecule has 34 heavy (non-hydrogen) atoms. The number of hydrogen-bond donors (Lipinski definition) is 1. The molecule has 1 fully saturated rings. The lowest BCUT2D eigenvalue weighted by atomic mass is 9.78. The highest BCUT2D eigenvalue weighted by Gasteiger charge is 2.33. The molecule has 2 amide bonds. The summed E-state index contributed by atoms with van der Waals surface area (Å²) in [6.07, 6.45) is 0.298. The zero-order valence-corrected chi connectivity index (χ0v) is 19.9. The average Bonchev–Trinajstić information content (AvgIpc) is 2.79. The first kappa shape index (κ1) is 24.4. The van der Waals surface area contributed by atoms with Crippen LogP contribution in [0.3, 0.4) is 0 Å². The third-order valence-corrected chi connectivity index (χ3v) is 7.80. The summed E-state index contributed by atoms with van der Waals surface area (Å²) in [5.74, 6) is 0.345. The van der Waals surface area contributed by atoms with Crippen molar-refractivity contribution in [2.75, 3.05) is 11.4 Å². The van der Waals surface area contributed by atoms with Crippen LogP contribution in [0.25, 0.3) is 6.08 Å². The van der Waals surface area contributed by atoms with Crippen LogP contribution in [0.5, 0.6) is 0 Å². The van der Waals surface area contributed by atoms with E-state index in [-0.39, 0.29) is 24.4 Å². The molecule has 0 unspecified atom stereocenters. The fourth-order valence-corrected chi connectivity index (χ4v) is 5.58. The molecule has 2 aromatic rings. The predicted molar refractivity (Wildman–Crippen MR) is 128 cm³/mol. The summed E-state index contributed by atoms with van der Waals surface area (Å²) in [6, 6.07) is 12.1. The Morgan fingerprint density at radius 1 is 1.12 bits per heavy atom. The second-order valence-electron chi connectivity index (χ2n) is 9.03. The van der Waals surface area contributed by atoms with Gasteiger partial charge in [0.2, 0.25) is 5.91 Å². The van der Waals surface area contributed by atoms with Crippen LogP contribution in [0.4, 0.5) is 18.9 Å². The summed E-state index contributed by atoms with van der Waals surface area (Å²) in [7, 11) is 0. The zero-order chi connectivity index (χ0) is 24.5. The molecule has 1 heterocycles. The fourth-order valence-electron chi connectivity index (χ4n) is 4.52. The average molecular weight is 489 g/mol. The maximum absolute atomic E-state index is 13.3. The van der Waals surface area contributed by atoms with Gasteiger partial charge in [-0.15, -0.1) is 0 Å². The number of nitrogens with one attached hydrogen (secondary N) is 1. The van der Waals surface area contributed by atoms with Crippen molar-refractivity contribution in [1.82, 2.24) is 5.32 Å². The first-order valence-electron chi connectivity index (χ1n) is 11.4. The second-order valence-corrected chi connectivity index (χ2v) is 10.1. The van der Waals surface area contributed by atoms with Crippen molar-refractivity contribution < 1.29 is 22.8 Å². The van der Waals surface area contributed by atoms with Crippen LogP contribution in [0.2, 0.25) is 0 Å². The summed E-state index contributed by atoms with van der Waals surface area (Å²) in [5.41, 5.74) is 0.395. The third-order valence-electron chi connectivity index (χ3n) is 6.72. The van der Waals surface area contributed by atoms with Crippen LogP contribution in [0.1, 0.15) is 44.2 Å². The van der Waals surface area contributed by atoms with Gasteiger partial charge in [-0.2, -0.15) is 13.2 Å². The van der Waals surface area contributed by atoms with Gasteiger partial charge < -0.3 is 5.32 Å². The highest BCUT2D eigenvalue weighted by molar-refractivity contribution is 8.04. The van der Waals surface area contributed by atoms with Crippen molar-refractivity contribution in [1.29, 1.82) is 0 Å². The van der Waals surface area contributed by atoms with Crippen molar-refractivity contribution in [3.05, 3.63) is 64.6 Å². The summed E-state index contributed by atoms with van der Waals surface area (Å²) in [5, 5.41) is 3.12. The van der Waals surface area contributed by atoms with E-state index in [0.29, 0.717) is 28.0 Å². The summed E-state index contributed by atoms with van der Waals surface area (Å²) in [4.78, 5) is 28.9. The molecular formula is C26H27F3N2O2S. The Kier molecular flexibility index (Phi) is 7.07. The van der Waals surface area contributed by atoms with E-state index >= 15 is 0 Å². The van der Waals surface area contributed by atoms with Gasteiger partial charge in [0.1, 0.15) is 6.54 Å². The molecule has 8 heteroatoms. The molecule has 3 atom stereocenters. The van der Waals surface area contributed by atoms with Crippen molar-refractivity contribution >= 4 is 35.3 Å². The number of nitrogens with zero attached hydrogens (tertiary/aromatic N) is 1. The molecule has 1 aliphatic heterocycles. The van der Waals surface area contributed by atoms with Gasteiger partial charge in [0, 0.05) is 10.9 Å². The lowest BCUT2D eigenvalue weighted by Crippen LogP contribution is -2.49. The Balaban J connectivity index is 1.55. The monoisotopic (exact) mass is 488 g/mol. The standard InChI is InChI=1S/C26H27F3N2O2S/c1-16-6-5-7-20(17(16)2)30-24(32)15-31-21-8-3-4-9-22(21)34-23(25(31)33)14-18-10-12-19(13-11-18)26(27,28)29/h3-4,8-14,16-17,20H,5-7,15H2,1-2H3,(H,30,32)/b23-14+/t16-,17-,20+/m1/s1. The number of amides is 2. The Morgan fingerprint density at radius 2 is 1.82 bits per heavy atom. The number of rotatable bonds is 4. The molecule has 0 bridgehead atoms. The third kappa shape index (κ3) is 5.32. The molecule has 1 saturated carbocycles. The van der Waals surface area contributed by atoms with Gasteiger partial charge in [-0.25, -0.2) is 0 Å². The van der Waals surface area contributed by atoms with Crippen LogP contribution in [-0.2, 0) is 15.8 Å². The number of anilines is 1. The van der Waals surface area contributed by atoms with Crippen LogP contribution >= 0.6 is 11.8 Å². The highest BCUT2D eigenvalue weighted by Crippen LogP contribution is 2.42. The first-order chi connectivity index (χ1) is 16.1. The van der Waals surface area contributed by atoms with Gasteiger partial charge in [-0.3, -0.25) is 14.5 Å². The molecule has 1 aliphatic carbocycles. The van der Waals surface area contributed by atoms with Crippen LogP contribution in [0, 0.1) is 11.8 Å². The number of hydrogen-bond acceptors (Lipinski definition) is 3. The van der Waals surface area contributed by atoms with Crippen molar-refractivity contribution in [3.8, 4) is 0 Å². The van der Waals surface area contributed by atoms with Gasteiger partial charge >= 0.3 is 6.18 Å². The minimum absolute atomic E-state index is 0.0860. The van der Waals surface area contributed by atoms with Gasteiger partial charge in [0.05, 0.1) is 16.2 Å². The van der Waals surface area contributed by atoms with Crippen molar-refractivity contribution in [2.45, 2.75) is 50.2 Å². The number of para-hydroxylation sites is 1. The zero-order valence-electron chi connectivity index (χ0n) is 19.1. The van der Waals surface area contributed by atoms with Gasteiger partial charge in [-0.1, -0.05) is 62.7 Å². The fraction of sp³-hybridized carbons (Fsp3) is 0.385. The predicted octanol–water partition coefficient (Wildman–Crippen LogP) is 6.13. The maximum Gasteiger partial charge on any atom is 0.416 e. The number of fused-ring (bicyclic) bond motifs is 1. The lowest BCUT2D eigenvalue weighted by molar-refractivity contribution is -0.137. The largest absolute Gasteiger partial charge is 0.416 e. The van der Waals surface area contributed by atoms with E-state index < -0.39 is 11.7 Å². The Labute approximate surface area is 201 Å². The molecule has 2 aliphatic rings. The number of benzene rings is 2. The molecule has 0 radical (unpaired) electrons. The number of carbonyl (C=O) groups excluding carboxylic acids is 2. The molecule has 0 aromatic heterocycles. The number of alkyl halides is 3. The SMILES string of the molecule is C[C@@H]1[C@H](C)CCC[C@@H]1NC(=O)CN1C(=O)/C(=C\c2ccc(C(F)(F)F)cc2)Sc2ccccc21. The molecule has 2 aromatic carbocycles. The van der Waals surface area contributed by atoms with E-state index in [0.717, 1.165) is 36.3 Å². The Bertz CT molecular complexity index is 1100. The van der Waals surface area contributed by atoms with E-state index in [9.17, 15) is 22.8 Å². The van der Waals surface area contributed by atoms with Crippen LogP contribution in [0.15, 0.2) is 58.3 Å². The minimum Gasteiger partial charge on any atom is -0.352 e. The first-order valence-corrected chi connectivity index (χ1v) is 12.2. The van der Waals surface area contributed by atoms with E-state index in [1.54, 1.807) is 12.1 Å². The molecule has 0 saturated heterocycles. The normalized spacial score (nSPS) is 24.1. The molecule has 180 valence electrons. The van der Waals surface area contributed by atoms with Gasteiger partial charge in [0.15, 0.2) is 0 Å². The van der Waals surface area contributed by atoms with E-state index in [2.05, 4.69) is 19.2 Å². The summed E-state index contributed by atoms with van der Waals surface area (Å²) in [6.45, 7) is 4.24. The lowest BCUT2D eigenvalue weighted by Gasteiger charge is -2.35. The molecule has 4 nitrogen and oxygen atoms in total. The molecule has 1 N–H and O–H groups in total. The number of thioether (sulfide) groups is 1. The molecule has 0 spiro atoms. The van der Waals surface area contributed by atoms with Crippen molar-refractivity contribution in [2.24, 2.45) is 11.8 Å². The van der Waals surface area contributed by atoms with E-state index in [1.807, 2.05) is 18.2 Å². The van der Waals surface area contributed by atoms with E-state index in [4.69, 9.17) is 0 Å². The smallest absolute Gasteiger partial charge is 0.352 e. The van der Waals surface area contributed by atoms with Gasteiger partial charge in [-0.05, 0) is 54.2 Å². The Morgan fingerprint density at radius 3 is 2.53 bits per heavy atom. The van der Waals surface area contributed by atoms with Crippen LogP contribution in [-0.4, -0.2) is 24.4 Å². The Hall–Kier alpha value is -2.74.